The summed E-state index contributed by atoms with van der Waals surface area (Å²) in [4.78, 5) is 17.6. The zero-order chi connectivity index (χ0) is 22.5. The number of amides is 1. The van der Waals surface area contributed by atoms with Gasteiger partial charge in [0.15, 0.2) is 5.65 Å². The van der Waals surface area contributed by atoms with Crippen molar-refractivity contribution < 1.29 is 9.53 Å². The van der Waals surface area contributed by atoms with Gasteiger partial charge in [0.05, 0.1) is 23.7 Å². The van der Waals surface area contributed by atoms with Crippen molar-refractivity contribution in [2.45, 2.75) is 58.7 Å². The van der Waals surface area contributed by atoms with Gasteiger partial charge in [0.1, 0.15) is 0 Å². The fraction of sp³-hybridized carbons (Fsp3) is 0.458. The van der Waals surface area contributed by atoms with Crippen LogP contribution < -0.4 is 10.6 Å². The van der Waals surface area contributed by atoms with Gasteiger partial charge in [-0.05, 0) is 43.9 Å². The van der Waals surface area contributed by atoms with Crippen LogP contribution in [0.3, 0.4) is 0 Å². The smallest absolute Gasteiger partial charge is 0.224 e. The number of hydrogen-bond acceptors (Lipinski definition) is 5. The largest absolute Gasteiger partial charge is 0.381 e. The highest BCUT2D eigenvalue weighted by Crippen LogP contribution is 2.31. The van der Waals surface area contributed by atoms with Crippen LogP contribution in [0.25, 0.3) is 11.0 Å². The number of anilines is 1. The third-order valence-electron chi connectivity index (χ3n) is 5.89. The molecule has 2 aromatic heterocycles. The first-order valence-corrected chi connectivity index (χ1v) is 12.1. The molecule has 1 aliphatic heterocycles. The van der Waals surface area contributed by atoms with Gasteiger partial charge in [-0.1, -0.05) is 35.0 Å². The van der Waals surface area contributed by atoms with Crippen molar-refractivity contribution >= 4 is 38.6 Å². The zero-order valence-electron chi connectivity index (χ0n) is 18.7. The van der Waals surface area contributed by atoms with E-state index >= 15 is 0 Å². The van der Waals surface area contributed by atoms with E-state index in [-0.39, 0.29) is 5.91 Å². The first-order valence-electron chi connectivity index (χ1n) is 11.3. The average molecular weight is 500 g/mol. The van der Waals surface area contributed by atoms with Crippen LogP contribution in [-0.4, -0.2) is 39.9 Å². The van der Waals surface area contributed by atoms with Gasteiger partial charge in [0, 0.05) is 48.1 Å². The normalized spacial score (nSPS) is 14.6. The number of pyridine rings is 1. The Morgan fingerprint density at radius 3 is 2.81 bits per heavy atom. The Morgan fingerprint density at radius 2 is 2.09 bits per heavy atom. The van der Waals surface area contributed by atoms with Crippen molar-refractivity contribution in [1.82, 2.24) is 20.1 Å². The molecule has 1 saturated heterocycles. The molecule has 4 rings (SSSR count). The number of nitrogens with zero attached hydrogens (tertiary/aromatic N) is 3. The molecular formula is C24H30BrN5O2. The monoisotopic (exact) mass is 499 g/mol. The molecule has 0 unspecified atom stereocenters. The van der Waals surface area contributed by atoms with Crippen molar-refractivity contribution in [3.63, 3.8) is 0 Å². The van der Waals surface area contributed by atoms with Crippen LogP contribution in [0.5, 0.6) is 0 Å². The standard InChI is InChI=1S/C24H30BrN5O2/c1-3-21-19(14-26-22(31)13-16-6-5-7-17(25)12-16)23(28-18-8-10-32-11-9-18)20-15-27-30(4-2)24(20)29-21/h5-7,12,15,18H,3-4,8-11,13-14H2,1-2H3,(H,26,31)(H,28,29). The van der Waals surface area contributed by atoms with E-state index in [0.717, 1.165) is 77.0 Å². The van der Waals surface area contributed by atoms with Crippen LogP contribution >= 0.6 is 15.9 Å². The number of aromatic nitrogens is 3. The summed E-state index contributed by atoms with van der Waals surface area (Å²) in [6.07, 6.45) is 4.93. The van der Waals surface area contributed by atoms with Gasteiger partial charge in [-0.3, -0.25) is 4.79 Å². The number of carbonyl (C=O) groups is 1. The number of nitrogens with one attached hydrogen (secondary N) is 2. The Bertz CT molecular complexity index is 1090. The summed E-state index contributed by atoms with van der Waals surface area (Å²) in [5.74, 6) is -0.00785. The minimum absolute atomic E-state index is 0.00785. The summed E-state index contributed by atoms with van der Waals surface area (Å²) in [5, 5.41) is 12.4. The lowest BCUT2D eigenvalue weighted by Gasteiger charge is -2.26. The number of halogens is 1. The number of ether oxygens (including phenoxy) is 1. The van der Waals surface area contributed by atoms with Crippen LogP contribution in [-0.2, 0) is 35.5 Å². The van der Waals surface area contributed by atoms with E-state index in [0.29, 0.717) is 19.0 Å². The maximum atomic E-state index is 12.7. The first kappa shape index (κ1) is 22.7. The molecule has 3 heterocycles. The molecule has 0 radical (unpaired) electrons. The van der Waals surface area contributed by atoms with Crippen molar-refractivity contribution in [3.8, 4) is 0 Å². The van der Waals surface area contributed by atoms with Gasteiger partial charge in [0.2, 0.25) is 5.91 Å². The van der Waals surface area contributed by atoms with Crippen LogP contribution in [0.2, 0.25) is 0 Å². The SMILES string of the molecule is CCc1nc2c(cnn2CC)c(NC2CCOCC2)c1CNC(=O)Cc1cccc(Br)c1. The van der Waals surface area contributed by atoms with Gasteiger partial charge in [-0.25, -0.2) is 9.67 Å². The highest BCUT2D eigenvalue weighted by molar-refractivity contribution is 9.10. The quantitative estimate of drug-likeness (QED) is 0.484. The van der Waals surface area contributed by atoms with Crippen LogP contribution in [0.1, 0.15) is 43.5 Å². The molecular weight excluding hydrogens is 470 g/mol. The molecule has 1 fully saturated rings. The maximum Gasteiger partial charge on any atom is 0.224 e. The summed E-state index contributed by atoms with van der Waals surface area (Å²) in [5.41, 5.74) is 4.95. The molecule has 1 aromatic carbocycles. The molecule has 0 saturated carbocycles. The molecule has 0 atom stereocenters. The number of benzene rings is 1. The average Bonchev–Trinajstić information content (AvgIpc) is 3.21. The number of hydrogen-bond donors (Lipinski definition) is 2. The number of fused-ring (bicyclic) bond motifs is 1. The van der Waals surface area contributed by atoms with Gasteiger partial charge in [-0.15, -0.1) is 0 Å². The highest BCUT2D eigenvalue weighted by atomic mass is 79.9. The third-order valence-corrected chi connectivity index (χ3v) is 6.39. The number of rotatable bonds is 8. The highest BCUT2D eigenvalue weighted by Gasteiger charge is 2.22. The summed E-state index contributed by atoms with van der Waals surface area (Å²) in [6, 6.07) is 8.18. The summed E-state index contributed by atoms with van der Waals surface area (Å²) < 4.78 is 8.44. The minimum atomic E-state index is -0.00785. The molecule has 0 bridgehead atoms. The zero-order valence-corrected chi connectivity index (χ0v) is 20.2. The summed E-state index contributed by atoms with van der Waals surface area (Å²) in [6.45, 7) is 6.90. The van der Waals surface area contributed by atoms with E-state index in [1.165, 1.54) is 0 Å². The van der Waals surface area contributed by atoms with Gasteiger partial charge in [-0.2, -0.15) is 5.10 Å². The van der Waals surface area contributed by atoms with Gasteiger partial charge in [0.25, 0.3) is 0 Å². The molecule has 3 aromatic rings. The van der Waals surface area contributed by atoms with Crippen molar-refractivity contribution in [1.29, 1.82) is 0 Å². The summed E-state index contributed by atoms with van der Waals surface area (Å²) in [7, 11) is 0. The van der Waals surface area contributed by atoms with Crippen LogP contribution in [0.4, 0.5) is 5.69 Å². The van der Waals surface area contributed by atoms with Gasteiger partial charge >= 0.3 is 0 Å². The predicted molar refractivity (Wildman–Crippen MR) is 130 cm³/mol. The number of aryl methyl sites for hydroxylation is 2. The van der Waals surface area contributed by atoms with Crippen molar-refractivity contribution in [2.75, 3.05) is 18.5 Å². The topological polar surface area (TPSA) is 81.1 Å². The van der Waals surface area contributed by atoms with Crippen molar-refractivity contribution in [3.05, 3.63) is 51.8 Å². The lowest BCUT2D eigenvalue weighted by Crippen LogP contribution is -2.30. The van der Waals surface area contributed by atoms with Gasteiger partial charge < -0.3 is 15.4 Å². The lowest BCUT2D eigenvalue weighted by molar-refractivity contribution is -0.120. The Hall–Kier alpha value is -2.45. The Balaban J connectivity index is 1.62. The van der Waals surface area contributed by atoms with Crippen molar-refractivity contribution in [2.24, 2.45) is 0 Å². The van der Waals surface area contributed by atoms with E-state index in [1.807, 2.05) is 35.1 Å². The molecule has 2 N–H and O–H groups in total. The molecule has 7 nitrogen and oxygen atoms in total. The van der Waals surface area contributed by atoms with E-state index in [9.17, 15) is 4.79 Å². The molecule has 1 aliphatic rings. The van der Waals surface area contributed by atoms with E-state index in [1.54, 1.807) is 0 Å². The fourth-order valence-corrected chi connectivity index (χ4v) is 4.63. The molecule has 32 heavy (non-hydrogen) atoms. The maximum absolute atomic E-state index is 12.7. The Morgan fingerprint density at radius 1 is 1.28 bits per heavy atom. The molecule has 0 spiro atoms. The lowest BCUT2D eigenvalue weighted by atomic mass is 10.0. The second-order valence-corrected chi connectivity index (χ2v) is 8.99. The Kier molecular flexibility index (Phi) is 7.42. The molecule has 170 valence electrons. The first-order chi connectivity index (χ1) is 15.6. The van der Waals surface area contributed by atoms with Crippen LogP contribution in [0.15, 0.2) is 34.9 Å². The Labute approximate surface area is 197 Å². The number of carbonyl (C=O) groups excluding carboxylic acids is 1. The predicted octanol–water partition coefficient (Wildman–Crippen LogP) is 4.23. The second kappa shape index (κ2) is 10.4. The molecule has 0 aliphatic carbocycles. The van der Waals surface area contributed by atoms with Crippen LogP contribution in [0, 0.1) is 0 Å². The van der Waals surface area contributed by atoms with E-state index < -0.39 is 0 Å². The fourth-order valence-electron chi connectivity index (χ4n) is 4.18. The van der Waals surface area contributed by atoms with E-state index in [4.69, 9.17) is 9.72 Å². The molecule has 8 heteroatoms. The summed E-state index contributed by atoms with van der Waals surface area (Å²) >= 11 is 3.47. The molecule has 1 amide bonds. The minimum Gasteiger partial charge on any atom is -0.381 e. The third kappa shape index (κ3) is 5.13. The van der Waals surface area contributed by atoms with E-state index in [2.05, 4.69) is 45.5 Å². The second-order valence-electron chi connectivity index (χ2n) is 8.08.